The maximum Gasteiger partial charge on any atom is 0.410 e. The Bertz CT molecular complexity index is 1220. The van der Waals surface area contributed by atoms with E-state index in [1.807, 2.05) is 0 Å². The van der Waals surface area contributed by atoms with Crippen molar-refractivity contribution in [3.05, 3.63) is 57.3 Å². The molecule has 1 unspecified atom stereocenters. The molecule has 1 atom stereocenters. The summed E-state index contributed by atoms with van der Waals surface area (Å²) in [5, 5.41) is 0.146. The predicted octanol–water partition coefficient (Wildman–Crippen LogP) is 4.87. The first kappa shape index (κ1) is 28.4. The molecule has 1 amide bonds. The van der Waals surface area contributed by atoms with Crippen LogP contribution in [0.1, 0.15) is 49.5 Å². The second-order valence-electron chi connectivity index (χ2n) is 9.40. The highest BCUT2D eigenvalue weighted by atomic mass is 79.9. The quantitative estimate of drug-likeness (QED) is 0.343. The number of hydrogen-bond donors (Lipinski definition) is 0. The second-order valence-corrected chi connectivity index (χ2v) is 12.5. The van der Waals surface area contributed by atoms with Crippen LogP contribution in [0.25, 0.3) is 0 Å². The van der Waals surface area contributed by atoms with Gasteiger partial charge in [-0.3, -0.25) is 0 Å². The highest BCUT2D eigenvalue weighted by Crippen LogP contribution is 2.29. The Morgan fingerprint density at radius 1 is 1.25 bits per heavy atom. The lowest BCUT2D eigenvalue weighted by Crippen LogP contribution is -2.52. The Morgan fingerprint density at radius 2 is 1.92 bits per heavy atom. The van der Waals surface area contributed by atoms with Gasteiger partial charge in [-0.1, -0.05) is 23.7 Å². The van der Waals surface area contributed by atoms with Crippen molar-refractivity contribution in [2.75, 3.05) is 20.2 Å². The van der Waals surface area contributed by atoms with Crippen molar-refractivity contribution in [2.24, 2.45) is 0 Å². The van der Waals surface area contributed by atoms with E-state index >= 15 is 0 Å². The monoisotopic (exact) mass is 601 g/mol. The van der Waals surface area contributed by atoms with Gasteiger partial charge in [0.2, 0.25) is 10.0 Å². The molecule has 1 saturated heterocycles. The fourth-order valence-electron chi connectivity index (χ4n) is 3.82. The number of benzene rings is 1. The molecule has 0 bridgehead atoms. The third-order valence-corrected chi connectivity index (χ3v) is 8.54. The van der Waals surface area contributed by atoms with Gasteiger partial charge in [0.15, 0.2) is 0 Å². The summed E-state index contributed by atoms with van der Waals surface area (Å²) in [6.07, 6.45) is 1.90. The number of esters is 1. The van der Waals surface area contributed by atoms with Crippen LogP contribution in [0.5, 0.6) is 0 Å². The number of hydrogen-bond acceptors (Lipinski definition) is 7. The van der Waals surface area contributed by atoms with Crippen molar-refractivity contribution in [1.29, 1.82) is 0 Å². The summed E-state index contributed by atoms with van der Waals surface area (Å²) >= 11 is 9.23. The van der Waals surface area contributed by atoms with E-state index in [0.717, 1.165) is 0 Å². The molecule has 0 radical (unpaired) electrons. The molecule has 1 aliphatic rings. The fourth-order valence-corrected chi connectivity index (χ4v) is 6.03. The molecule has 1 aromatic carbocycles. The van der Waals surface area contributed by atoms with Gasteiger partial charge < -0.3 is 14.4 Å². The third kappa shape index (κ3) is 6.96. The number of ether oxygens (including phenoxy) is 2. The number of likely N-dealkylation sites (tertiary alicyclic amines) is 1. The van der Waals surface area contributed by atoms with Gasteiger partial charge in [-0.05, 0) is 73.3 Å². The van der Waals surface area contributed by atoms with Crippen LogP contribution < -0.4 is 0 Å². The number of piperidine rings is 1. The summed E-state index contributed by atoms with van der Waals surface area (Å²) in [5.74, 6) is -0.483. The lowest BCUT2D eigenvalue weighted by atomic mass is 10.1. The molecule has 0 aliphatic carbocycles. The Hall–Kier alpha value is -2.21. The molecule has 0 saturated carbocycles. The molecule has 1 fully saturated rings. The lowest BCUT2D eigenvalue weighted by Gasteiger charge is -2.39. The zero-order valence-electron chi connectivity index (χ0n) is 20.5. The lowest BCUT2D eigenvalue weighted by molar-refractivity contribution is 0.0152. The molecule has 0 spiro atoms. The summed E-state index contributed by atoms with van der Waals surface area (Å²) in [5.41, 5.74) is 0.357. The van der Waals surface area contributed by atoms with Crippen LogP contribution >= 0.6 is 27.5 Å². The van der Waals surface area contributed by atoms with Gasteiger partial charge in [0, 0.05) is 31.9 Å². The molecule has 12 heteroatoms. The summed E-state index contributed by atoms with van der Waals surface area (Å²) < 4.78 is 39.7. The highest BCUT2D eigenvalue weighted by molar-refractivity contribution is 9.10. The van der Waals surface area contributed by atoms with Crippen LogP contribution in [0.4, 0.5) is 4.79 Å². The topological polar surface area (TPSA) is 106 Å². The summed E-state index contributed by atoms with van der Waals surface area (Å²) in [6, 6.07) is 7.43. The Kier molecular flexibility index (Phi) is 9.02. The second kappa shape index (κ2) is 11.5. The Morgan fingerprint density at radius 3 is 2.50 bits per heavy atom. The number of halogens is 2. The maximum atomic E-state index is 13.8. The van der Waals surface area contributed by atoms with E-state index in [0.29, 0.717) is 35.0 Å². The fraction of sp³-hybridized carbons (Fsp3) is 0.458. The van der Waals surface area contributed by atoms with Crippen LogP contribution in [0.15, 0.2) is 45.9 Å². The van der Waals surface area contributed by atoms with Gasteiger partial charge in [0.05, 0.1) is 17.1 Å². The molecule has 196 valence electrons. The normalized spacial score (nSPS) is 16.6. The van der Waals surface area contributed by atoms with E-state index in [-0.39, 0.29) is 23.1 Å². The van der Waals surface area contributed by atoms with Gasteiger partial charge in [-0.2, -0.15) is 4.31 Å². The van der Waals surface area contributed by atoms with Gasteiger partial charge in [0.25, 0.3) is 0 Å². The standard InChI is InChI=1S/C24H29BrClN3O6S/c1-24(2,3)35-23(31)28-11-5-6-18(15-28)29(14-16-7-9-17(10-8-16)22(30)34-4)36(32,33)19-12-20(25)21(26)27-13-19/h7-10,12-13,18H,5-6,11,14-15H2,1-4H3. The predicted molar refractivity (Wildman–Crippen MR) is 138 cm³/mol. The molecule has 9 nitrogen and oxygen atoms in total. The Labute approximate surface area is 224 Å². The van der Waals surface area contributed by atoms with Gasteiger partial charge in [-0.15, -0.1) is 0 Å². The summed E-state index contributed by atoms with van der Waals surface area (Å²) in [4.78, 5) is 30.0. The number of sulfonamides is 1. The smallest absolute Gasteiger partial charge is 0.410 e. The van der Waals surface area contributed by atoms with Crippen molar-refractivity contribution >= 4 is 49.6 Å². The molecule has 1 aromatic heterocycles. The average molecular weight is 603 g/mol. The first-order valence-electron chi connectivity index (χ1n) is 11.3. The zero-order valence-corrected chi connectivity index (χ0v) is 23.7. The van der Waals surface area contributed by atoms with Gasteiger partial charge in [-0.25, -0.2) is 23.0 Å². The minimum Gasteiger partial charge on any atom is -0.465 e. The van der Waals surface area contributed by atoms with Gasteiger partial charge in [0.1, 0.15) is 15.6 Å². The van der Waals surface area contributed by atoms with E-state index in [1.54, 1.807) is 45.0 Å². The number of amides is 1. The Balaban J connectivity index is 1.95. The number of aromatic nitrogens is 1. The minimum absolute atomic E-state index is 0.0247. The van der Waals surface area contributed by atoms with E-state index in [1.165, 1.54) is 28.6 Å². The third-order valence-electron chi connectivity index (χ3n) is 5.55. The summed E-state index contributed by atoms with van der Waals surface area (Å²) in [6.45, 7) is 6.03. The molecule has 1 aliphatic heterocycles. The minimum atomic E-state index is -4.04. The van der Waals surface area contributed by atoms with Crippen molar-refractivity contribution in [3.63, 3.8) is 0 Å². The number of pyridine rings is 1. The highest BCUT2D eigenvalue weighted by Gasteiger charge is 2.37. The van der Waals surface area contributed by atoms with E-state index in [9.17, 15) is 18.0 Å². The van der Waals surface area contributed by atoms with Crippen LogP contribution in [0.2, 0.25) is 5.15 Å². The number of carbonyl (C=O) groups is 2. The number of rotatable bonds is 6. The SMILES string of the molecule is COC(=O)c1ccc(CN(C2CCCN(C(=O)OC(C)(C)C)C2)S(=O)(=O)c2cnc(Cl)c(Br)c2)cc1. The molecular weight excluding hydrogens is 574 g/mol. The largest absolute Gasteiger partial charge is 0.465 e. The van der Waals surface area contributed by atoms with Crippen molar-refractivity contribution in [1.82, 2.24) is 14.2 Å². The van der Waals surface area contributed by atoms with Gasteiger partial charge >= 0.3 is 12.1 Å². The van der Waals surface area contributed by atoms with E-state index in [2.05, 4.69) is 20.9 Å². The number of carbonyl (C=O) groups excluding carboxylic acids is 2. The average Bonchev–Trinajstić information content (AvgIpc) is 2.83. The summed E-state index contributed by atoms with van der Waals surface area (Å²) in [7, 11) is -2.75. The van der Waals surface area contributed by atoms with Crippen molar-refractivity contribution < 1.29 is 27.5 Å². The molecule has 3 rings (SSSR count). The first-order chi connectivity index (χ1) is 16.8. The van der Waals surface area contributed by atoms with E-state index in [4.69, 9.17) is 21.1 Å². The number of methoxy groups -OCH3 is 1. The zero-order chi connectivity index (χ0) is 26.7. The molecular formula is C24H29BrClN3O6S. The molecule has 2 aromatic rings. The molecule has 2 heterocycles. The van der Waals surface area contributed by atoms with Crippen LogP contribution in [-0.2, 0) is 26.0 Å². The van der Waals surface area contributed by atoms with Crippen molar-refractivity contribution in [2.45, 2.75) is 56.7 Å². The molecule has 36 heavy (non-hydrogen) atoms. The van der Waals surface area contributed by atoms with Crippen LogP contribution in [-0.4, -0.2) is 66.5 Å². The number of nitrogens with zero attached hydrogens (tertiary/aromatic N) is 3. The van der Waals surface area contributed by atoms with Crippen LogP contribution in [0.3, 0.4) is 0 Å². The maximum absolute atomic E-state index is 13.8. The van der Waals surface area contributed by atoms with Crippen molar-refractivity contribution in [3.8, 4) is 0 Å². The molecule has 0 N–H and O–H groups in total. The van der Waals surface area contributed by atoms with Crippen LogP contribution in [0, 0.1) is 0 Å². The first-order valence-corrected chi connectivity index (χ1v) is 13.9. The van der Waals surface area contributed by atoms with E-state index < -0.39 is 33.7 Å².